The molecule has 0 aliphatic carbocycles. The second kappa shape index (κ2) is 2.30. The van der Waals surface area contributed by atoms with Crippen molar-refractivity contribution in [2.24, 2.45) is 0 Å². The van der Waals surface area contributed by atoms with Crippen LogP contribution in [0.25, 0.3) is 1.43 Å². The summed E-state index contributed by atoms with van der Waals surface area (Å²) in [6.45, 7) is -1.24. The molecule has 6 heteroatoms. The maximum absolute atomic E-state index is 11.2. The van der Waals surface area contributed by atoms with Crippen molar-refractivity contribution >= 4 is 9.63 Å². The summed E-state index contributed by atoms with van der Waals surface area (Å²) >= 11 is 0. The van der Waals surface area contributed by atoms with Gasteiger partial charge in [0.1, 0.15) is 9.63 Å². The van der Waals surface area contributed by atoms with Crippen molar-refractivity contribution < 1.29 is 22.4 Å². The predicted octanol–water partition coefficient (Wildman–Crippen LogP) is 0.329. The Bertz CT molecular complexity index is 166. The topological polar surface area (TPSA) is 55.8 Å². The average molecular weight is 161 g/mol. The lowest BCUT2D eigenvalue weighted by Crippen LogP contribution is -2.31. The summed E-state index contributed by atoms with van der Waals surface area (Å²) in [6.07, 6.45) is 2.00. The monoisotopic (exact) mass is 161 g/mol. The molecule has 0 saturated carbocycles. The molecule has 0 aromatic carbocycles. The van der Waals surface area contributed by atoms with Crippen LogP contribution in [0.15, 0.2) is 0 Å². The van der Waals surface area contributed by atoms with Crippen LogP contribution in [0.4, 0.5) is 4.39 Å². The fraction of sp³-hybridized carbons (Fsp3) is 1.00. The van der Waals surface area contributed by atoms with Gasteiger partial charge >= 0.3 is 0 Å². The fourth-order valence-corrected chi connectivity index (χ4v) is 0.461. The Morgan fingerprint density at radius 1 is 1.89 bits per heavy atom. The smallest absolute Gasteiger partial charge is 0.231 e. The zero-order valence-corrected chi connectivity index (χ0v) is 5.94. The van der Waals surface area contributed by atoms with E-state index in [1.807, 2.05) is 0 Å². The average Bonchev–Trinajstić information content (AvgIpc) is 1.84. The molecule has 0 atom stereocenters. The molecular formula is C3H9FO4S. The highest BCUT2D eigenvalue weighted by Gasteiger charge is 2.21. The first-order valence-electron chi connectivity index (χ1n) is 2.45. The summed E-state index contributed by atoms with van der Waals surface area (Å²) in [6, 6.07) is 0. The summed E-state index contributed by atoms with van der Waals surface area (Å²) < 4.78 is 36.2. The number of alkyl halides is 1. The van der Waals surface area contributed by atoms with Gasteiger partial charge in [0, 0.05) is 12.5 Å². The molecule has 0 saturated heterocycles. The Morgan fingerprint density at radius 3 is 2.78 bits per heavy atom. The number of rotatable bonds is 4. The molecule has 9 heavy (non-hydrogen) atoms. The second-order valence-corrected chi connectivity index (χ2v) is 5.27. The molecule has 0 bridgehead atoms. The summed E-state index contributed by atoms with van der Waals surface area (Å²) in [5.74, 6) is 0. The Kier molecular flexibility index (Phi) is 1.80. The van der Waals surface area contributed by atoms with E-state index in [0.717, 1.165) is 12.5 Å². The van der Waals surface area contributed by atoms with E-state index in [4.69, 9.17) is 1.43 Å². The highest BCUT2D eigenvalue weighted by Crippen LogP contribution is 2.12. The van der Waals surface area contributed by atoms with Gasteiger partial charge in [0.25, 0.3) is 0 Å². The predicted molar refractivity (Wildman–Crippen MR) is 30.8 cm³/mol. The number of hydrogen-bond acceptors (Lipinski definition) is 4. The molecule has 0 rings (SSSR count). The van der Waals surface area contributed by atoms with E-state index < -0.39 is 16.5 Å². The molecule has 1 N–H and O–H groups in total. The zero-order valence-electron chi connectivity index (χ0n) is 6.13. The van der Waals surface area contributed by atoms with E-state index in [1.165, 1.54) is 0 Å². The molecule has 0 aliphatic heterocycles. The third-order valence-corrected chi connectivity index (χ3v) is 0.764. The van der Waals surface area contributed by atoms with Crippen molar-refractivity contribution in [1.29, 1.82) is 1.43 Å². The summed E-state index contributed by atoms with van der Waals surface area (Å²) in [5.41, 5.74) is 0. The number of hydrogen-bond donors (Lipinski definition) is 1. The molecule has 0 unspecified atom stereocenters. The van der Waals surface area contributed by atoms with Gasteiger partial charge in [-0.3, -0.25) is 0 Å². The van der Waals surface area contributed by atoms with Gasteiger partial charge in [-0.05, 0) is 0 Å². The van der Waals surface area contributed by atoms with Gasteiger partial charge in [-0.25, -0.2) is 8.60 Å². The lowest BCUT2D eigenvalue weighted by Gasteiger charge is -2.23. The van der Waals surface area contributed by atoms with Crippen molar-refractivity contribution in [3.8, 4) is 0 Å². The quantitative estimate of drug-likeness (QED) is 0.477. The summed E-state index contributed by atoms with van der Waals surface area (Å²) in [5, 5.41) is 0. The summed E-state index contributed by atoms with van der Waals surface area (Å²) in [7, 11) is -3.97. The van der Waals surface area contributed by atoms with Crippen LogP contribution in [0.2, 0.25) is 0 Å². The lowest BCUT2D eigenvalue weighted by molar-refractivity contribution is -0.237. The zero-order chi connectivity index (χ0) is 8.28. The third-order valence-electron chi connectivity index (χ3n) is 0.284. The van der Waals surface area contributed by atoms with Crippen LogP contribution >= 0.6 is 0 Å². The van der Waals surface area contributed by atoms with E-state index in [9.17, 15) is 8.60 Å². The van der Waals surface area contributed by atoms with Crippen LogP contribution in [-0.2, 0) is 18.8 Å². The third kappa shape index (κ3) is 7.96. The minimum Gasteiger partial charge on any atom is -0.306 e. The van der Waals surface area contributed by atoms with Gasteiger partial charge < -0.3 is 4.56 Å². The van der Waals surface area contributed by atoms with E-state index in [1.54, 1.807) is 0 Å². The van der Waals surface area contributed by atoms with Gasteiger partial charge in [-0.15, -0.1) is 4.33 Å². The van der Waals surface area contributed by atoms with Crippen molar-refractivity contribution in [1.82, 2.24) is 0 Å². The largest absolute Gasteiger partial charge is 0.306 e. The van der Waals surface area contributed by atoms with Gasteiger partial charge in [0.2, 0.25) is 8.29 Å². The minimum atomic E-state index is -3.97. The molecule has 0 spiro atoms. The van der Waals surface area contributed by atoms with Gasteiger partial charge in [-0.2, -0.15) is 4.89 Å². The van der Waals surface area contributed by atoms with Gasteiger partial charge in [0.05, 0.1) is 0 Å². The Labute approximate surface area is 53.8 Å². The molecular weight excluding hydrogens is 151 g/mol. The molecule has 0 radical (unpaired) electrons. The van der Waals surface area contributed by atoms with Crippen LogP contribution in [0.3, 0.4) is 0 Å². The standard InChI is InChI=1S/C3H9FO4S/c1-9(2,5,6)8-7-3-4/h3H2,1-2H3,(H,5,6)/i/hD. The van der Waals surface area contributed by atoms with Crippen LogP contribution in [0.1, 0.15) is 0 Å². The normalized spacial score (nSPS) is 18.1. The fourth-order valence-electron chi connectivity index (χ4n) is 0.154. The van der Waals surface area contributed by atoms with E-state index in [-0.39, 0.29) is 0 Å². The Morgan fingerprint density at radius 2 is 2.44 bits per heavy atom. The van der Waals surface area contributed by atoms with Gasteiger partial charge in [0.15, 0.2) is 0 Å². The molecule has 0 heterocycles. The first-order valence-corrected chi connectivity index (χ1v) is 4.67. The van der Waals surface area contributed by atoms with Crippen LogP contribution in [0.5, 0.6) is 0 Å². The SMILES string of the molecule is [2H]OS(C)(C)(=O)OOCF. The molecule has 0 amide bonds. The maximum atomic E-state index is 11.2. The molecule has 0 aromatic rings. The van der Waals surface area contributed by atoms with E-state index >= 15 is 0 Å². The van der Waals surface area contributed by atoms with Gasteiger partial charge in [-0.1, -0.05) is 0 Å². The molecule has 0 aliphatic rings. The molecule has 0 fully saturated rings. The number of halogens is 1. The van der Waals surface area contributed by atoms with Crippen LogP contribution < -0.4 is 0 Å². The van der Waals surface area contributed by atoms with E-state index in [0.29, 0.717) is 0 Å². The summed E-state index contributed by atoms with van der Waals surface area (Å²) in [4.78, 5) is 3.72. The van der Waals surface area contributed by atoms with Crippen molar-refractivity contribution in [3.05, 3.63) is 0 Å². The first kappa shape index (κ1) is 7.07. The highest BCUT2D eigenvalue weighted by atomic mass is 32.3. The minimum absolute atomic E-state index is 1.000. The van der Waals surface area contributed by atoms with Crippen molar-refractivity contribution in [2.45, 2.75) is 0 Å². The molecule has 58 valence electrons. The second-order valence-electron chi connectivity index (χ2n) is 1.91. The van der Waals surface area contributed by atoms with Crippen molar-refractivity contribution in [2.75, 3.05) is 19.4 Å². The lowest BCUT2D eigenvalue weighted by atomic mass is 11.6. The van der Waals surface area contributed by atoms with Crippen LogP contribution in [0, 0.1) is 0 Å². The van der Waals surface area contributed by atoms with Crippen molar-refractivity contribution in [3.63, 3.8) is 0 Å². The first-order chi connectivity index (χ1) is 4.39. The Balaban J connectivity index is 3.98. The van der Waals surface area contributed by atoms with Crippen LogP contribution in [-0.4, -0.2) is 28.1 Å². The maximum Gasteiger partial charge on any atom is 0.231 e. The molecule has 0 aromatic heterocycles. The highest BCUT2D eigenvalue weighted by molar-refractivity contribution is 8.09. The molecule has 4 nitrogen and oxygen atoms in total. The Hall–Kier alpha value is -0.0400. The van der Waals surface area contributed by atoms with E-state index in [2.05, 4.69) is 13.8 Å².